The summed E-state index contributed by atoms with van der Waals surface area (Å²) < 4.78 is 0. The van der Waals surface area contributed by atoms with Gasteiger partial charge in [-0.25, -0.2) is 0 Å². The van der Waals surface area contributed by atoms with E-state index in [1.165, 1.54) is 53.0 Å². The van der Waals surface area contributed by atoms with Crippen LogP contribution in [0.1, 0.15) is 30.4 Å². The third-order valence-electron chi connectivity index (χ3n) is 3.56. The first-order valence-electron chi connectivity index (χ1n) is 6.77. The van der Waals surface area contributed by atoms with Gasteiger partial charge in [-0.05, 0) is 48.9 Å². The molecule has 0 radical (unpaired) electrons. The van der Waals surface area contributed by atoms with Crippen LogP contribution in [0.15, 0.2) is 58.3 Å². The van der Waals surface area contributed by atoms with Gasteiger partial charge in [-0.3, -0.25) is 0 Å². The Kier molecular flexibility index (Phi) is 3.70. The molecular formula is C17H18S. The fourth-order valence-electron chi connectivity index (χ4n) is 2.55. The SMILES string of the molecule is c1ccc2c(c1)CCCCCc1ccccc1S2. The van der Waals surface area contributed by atoms with Crippen molar-refractivity contribution in [2.24, 2.45) is 0 Å². The van der Waals surface area contributed by atoms with E-state index in [1.54, 1.807) is 0 Å². The van der Waals surface area contributed by atoms with E-state index in [4.69, 9.17) is 0 Å². The minimum Gasteiger partial charge on any atom is -0.0895 e. The summed E-state index contributed by atoms with van der Waals surface area (Å²) in [5.41, 5.74) is 3.03. The molecule has 1 aliphatic heterocycles. The van der Waals surface area contributed by atoms with Gasteiger partial charge in [0, 0.05) is 9.79 Å². The first-order valence-corrected chi connectivity index (χ1v) is 7.59. The van der Waals surface area contributed by atoms with Crippen molar-refractivity contribution < 1.29 is 0 Å². The van der Waals surface area contributed by atoms with Crippen LogP contribution < -0.4 is 0 Å². The molecule has 2 aromatic carbocycles. The summed E-state index contributed by atoms with van der Waals surface area (Å²) in [5, 5.41) is 0. The van der Waals surface area contributed by atoms with Gasteiger partial charge >= 0.3 is 0 Å². The molecule has 0 saturated carbocycles. The van der Waals surface area contributed by atoms with E-state index >= 15 is 0 Å². The monoisotopic (exact) mass is 254 g/mol. The molecule has 0 saturated heterocycles. The van der Waals surface area contributed by atoms with Crippen LogP contribution in [-0.2, 0) is 12.8 Å². The Bertz CT molecular complexity index is 483. The maximum absolute atomic E-state index is 2.28. The molecule has 0 N–H and O–H groups in total. The fourth-order valence-corrected chi connectivity index (χ4v) is 3.68. The zero-order chi connectivity index (χ0) is 12.2. The summed E-state index contributed by atoms with van der Waals surface area (Å²) >= 11 is 1.94. The molecule has 0 unspecified atom stereocenters. The Morgan fingerprint density at radius 1 is 0.611 bits per heavy atom. The molecule has 0 atom stereocenters. The van der Waals surface area contributed by atoms with Crippen LogP contribution >= 0.6 is 11.8 Å². The minimum atomic E-state index is 1.23. The molecule has 0 aliphatic carbocycles. The molecule has 0 fully saturated rings. The van der Waals surface area contributed by atoms with Crippen LogP contribution in [0.3, 0.4) is 0 Å². The molecule has 0 bridgehead atoms. The maximum Gasteiger partial charge on any atom is 0.0154 e. The largest absolute Gasteiger partial charge is 0.0895 e. The second-order valence-corrected chi connectivity index (χ2v) is 5.96. The molecule has 3 rings (SSSR count). The van der Waals surface area contributed by atoms with Crippen molar-refractivity contribution in [1.29, 1.82) is 0 Å². The van der Waals surface area contributed by atoms with Crippen molar-refractivity contribution in [2.75, 3.05) is 0 Å². The Morgan fingerprint density at radius 3 is 1.67 bits per heavy atom. The van der Waals surface area contributed by atoms with Gasteiger partial charge in [-0.2, -0.15) is 0 Å². The van der Waals surface area contributed by atoms with E-state index in [9.17, 15) is 0 Å². The predicted molar refractivity (Wildman–Crippen MR) is 78.3 cm³/mol. The highest BCUT2D eigenvalue weighted by atomic mass is 32.2. The van der Waals surface area contributed by atoms with Gasteiger partial charge in [0.1, 0.15) is 0 Å². The third kappa shape index (κ3) is 2.62. The average molecular weight is 254 g/mol. The molecular weight excluding hydrogens is 236 g/mol. The Morgan fingerprint density at radius 2 is 1.11 bits per heavy atom. The summed E-state index contributed by atoms with van der Waals surface area (Å²) in [4.78, 5) is 2.87. The molecule has 18 heavy (non-hydrogen) atoms. The van der Waals surface area contributed by atoms with Gasteiger partial charge in [0.05, 0.1) is 0 Å². The number of benzene rings is 2. The van der Waals surface area contributed by atoms with Crippen molar-refractivity contribution >= 4 is 11.8 Å². The summed E-state index contributed by atoms with van der Waals surface area (Å²) in [5.74, 6) is 0. The van der Waals surface area contributed by atoms with E-state index in [1.807, 2.05) is 11.8 Å². The number of fused-ring (bicyclic) bond motifs is 2. The summed E-state index contributed by atoms with van der Waals surface area (Å²) in [6.45, 7) is 0. The fraction of sp³-hybridized carbons (Fsp3) is 0.294. The van der Waals surface area contributed by atoms with Crippen molar-refractivity contribution in [1.82, 2.24) is 0 Å². The Hall–Kier alpha value is -1.21. The molecule has 1 heteroatoms. The van der Waals surface area contributed by atoms with Crippen LogP contribution in [0.25, 0.3) is 0 Å². The molecule has 0 nitrogen and oxygen atoms in total. The summed E-state index contributed by atoms with van der Waals surface area (Å²) in [7, 11) is 0. The smallest absolute Gasteiger partial charge is 0.0154 e. The second kappa shape index (κ2) is 5.62. The van der Waals surface area contributed by atoms with Gasteiger partial charge < -0.3 is 0 Å². The maximum atomic E-state index is 2.28. The lowest BCUT2D eigenvalue weighted by Crippen LogP contribution is -1.95. The Balaban J connectivity index is 2.00. The lowest BCUT2D eigenvalue weighted by Gasteiger charge is -2.14. The van der Waals surface area contributed by atoms with Gasteiger partial charge in [0.25, 0.3) is 0 Å². The van der Waals surface area contributed by atoms with E-state index in [0.717, 1.165) is 0 Å². The zero-order valence-corrected chi connectivity index (χ0v) is 11.4. The van der Waals surface area contributed by atoms with Crippen molar-refractivity contribution in [3.05, 3.63) is 59.7 Å². The van der Waals surface area contributed by atoms with Gasteiger partial charge in [0.15, 0.2) is 0 Å². The molecule has 1 aliphatic rings. The molecule has 0 amide bonds. The quantitative estimate of drug-likeness (QED) is 0.629. The lowest BCUT2D eigenvalue weighted by atomic mass is 10.0. The van der Waals surface area contributed by atoms with E-state index in [0.29, 0.717) is 0 Å². The first-order chi connectivity index (χ1) is 8.93. The molecule has 1 heterocycles. The third-order valence-corrected chi connectivity index (χ3v) is 4.79. The first kappa shape index (κ1) is 11.9. The predicted octanol–water partition coefficient (Wildman–Crippen LogP) is 5.11. The topological polar surface area (TPSA) is 0 Å². The standard InChI is InChI=1S/C17H18S/c1-2-8-14-10-4-6-12-16(14)18-17-13-7-5-11-15(17)9-3-1/h4-7,10-13H,1-3,8-9H2. The van der Waals surface area contributed by atoms with Crippen LogP contribution in [0.2, 0.25) is 0 Å². The summed E-state index contributed by atoms with van der Waals surface area (Å²) in [6.07, 6.45) is 6.43. The van der Waals surface area contributed by atoms with Gasteiger partial charge in [0.2, 0.25) is 0 Å². The highest BCUT2D eigenvalue weighted by Crippen LogP contribution is 2.34. The van der Waals surface area contributed by atoms with Crippen molar-refractivity contribution in [2.45, 2.75) is 41.9 Å². The van der Waals surface area contributed by atoms with Crippen LogP contribution in [-0.4, -0.2) is 0 Å². The number of hydrogen-bond acceptors (Lipinski definition) is 1. The minimum absolute atomic E-state index is 1.23. The second-order valence-electron chi connectivity index (χ2n) is 4.88. The van der Waals surface area contributed by atoms with Crippen LogP contribution in [0, 0.1) is 0 Å². The summed E-state index contributed by atoms with van der Waals surface area (Å²) in [6, 6.07) is 17.7. The van der Waals surface area contributed by atoms with E-state index in [-0.39, 0.29) is 0 Å². The normalized spacial score (nSPS) is 15.6. The highest BCUT2D eigenvalue weighted by Gasteiger charge is 2.09. The molecule has 0 spiro atoms. The average Bonchev–Trinajstić information content (AvgIpc) is 2.42. The van der Waals surface area contributed by atoms with Crippen molar-refractivity contribution in [3.8, 4) is 0 Å². The van der Waals surface area contributed by atoms with Gasteiger partial charge in [-0.1, -0.05) is 54.6 Å². The van der Waals surface area contributed by atoms with Crippen molar-refractivity contribution in [3.63, 3.8) is 0 Å². The number of hydrogen-bond donors (Lipinski definition) is 0. The van der Waals surface area contributed by atoms with Crippen LogP contribution in [0.5, 0.6) is 0 Å². The van der Waals surface area contributed by atoms with E-state index < -0.39 is 0 Å². The molecule has 92 valence electrons. The van der Waals surface area contributed by atoms with Gasteiger partial charge in [-0.15, -0.1) is 0 Å². The Labute approximate surface area is 113 Å². The zero-order valence-electron chi connectivity index (χ0n) is 10.6. The lowest BCUT2D eigenvalue weighted by molar-refractivity contribution is 0.669. The number of rotatable bonds is 0. The molecule has 2 aromatic rings. The number of aryl methyl sites for hydroxylation is 2. The van der Waals surface area contributed by atoms with Crippen LogP contribution in [0.4, 0.5) is 0 Å². The highest BCUT2D eigenvalue weighted by molar-refractivity contribution is 7.99. The molecule has 0 aromatic heterocycles. The van der Waals surface area contributed by atoms with E-state index in [2.05, 4.69) is 48.5 Å².